The van der Waals surface area contributed by atoms with Crippen molar-refractivity contribution in [3.8, 4) is 16.8 Å². The second kappa shape index (κ2) is 14.1. The Morgan fingerprint density at radius 1 is 1.18 bits per heavy atom. The Morgan fingerprint density at radius 3 is 2.76 bits per heavy atom. The number of rotatable bonds is 7. The number of hydrogen-bond acceptors (Lipinski definition) is 9. The van der Waals surface area contributed by atoms with E-state index < -0.39 is 30.6 Å². The third-order valence-corrected chi connectivity index (χ3v) is 7.49. The van der Waals surface area contributed by atoms with Gasteiger partial charge in [0.05, 0.1) is 17.4 Å². The molecule has 0 fully saturated rings. The van der Waals surface area contributed by atoms with Crippen LogP contribution in [-0.4, -0.2) is 61.9 Å². The summed E-state index contributed by atoms with van der Waals surface area (Å²) in [7, 11) is 1.29. The Morgan fingerprint density at radius 2 is 2.00 bits per heavy atom. The molecule has 5 rings (SSSR count). The molecule has 1 amide bonds. The number of aliphatic hydroxyl groups is 1. The third kappa shape index (κ3) is 8.15. The van der Waals surface area contributed by atoms with E-state index in [1.165, 1.54) is 30.3 Å². The van der Waals surface area contributed by atoms with Gasteiger partial charge in [-0.3, -0.25) is 9.78 Å². The summed E-state index contributed by atoms with van der Waals surface area (Å²) < 4.78 is 48.6. The van der Waals surface area contributed by atoms with Crippen molar-refractivity contribution >= 4 is 35.0 Å². The second-order valence-electron chi connectivity index (χ2n) is 10.3. The average Bonchev–Trinajstić information content (AvgIpc) is 3.55. The van der Waals surface area contributed by atoms with Gasteiger partial charge in [-0.2, -0.15) is 17.9 Å². The van der Waals surface area contributed by atoms with E-state index in [-0.39, 0.29) is 18.5 Å². The quantitative estimate of drug-likeness (QED) is 0.152. The molecule has 4 aromatic rings. The highest BCUT2D eigenvalue weighted by molar-refractivity contribution is 6.30. The first-order valence-electron chi connectivity index (χ1n) is 14.0. The number of pyridine rings is 1. The lowest BCUT2D eigenvalue weighted by Crippen LogP contribution is -2.36. The van der Waals surface area contributed by atoms with Crippen molar-refractivity contribution in [2.24, 2.45) is 0 Å². The number of nitrogens with one attached hydrogen (secondary N) is 3. The minimum absolute atomic E-state index is 0.183. The number of ether oxygens (including phenoxy) is 1. The highest BCUT2D eigenvalue weighted by Crippen LogP contribution is 2.37. The fourth-order valence-electron chi connectivity index (χ4n) is 5.03. The number of anilines is 2. The van der Waals surface area contributed by atoms with Crippen molar-refractivity contribution in [1.82, 2.24) is 30.5 Å². The molecule has 0 saturated heterocycles. The highest BCUT2D eigenvalue weighted by Gasteiger charge is 2.39. The minimum atomic E-state index is -4.51. The first-order chi connectivity index (χ1) is 21.6. The van der Waals surface area contributed by atoms with Gasteiger partial charge >= 0.3 is 6.18 Å². The summed E-state index contributed by atoms with van der Waals surface area (Å²) in [5, 5.41) is 29.8. The zero-order valence-corrected chi connectivity index (χ0v) is 24.8. The number of nitrogens with zero attached hydrogens (tertiary/aromatic N) is 5. The van der Waals surface area contributed by atoms with Crippen LogP contribution in [0.5, 0.6) is 0 Å². The molecule has 0 spiro atoms. The first kappa shape index (κ1) is 31.9. The Kier molecular flexibility index (Phi) is 9.96. The number of aliphatic hydroxyl groups excluding tert-OH is 1. The summed E-state index contributed by atoms with van der Waals surface area (Å²) in [6.07, 6.45) is 0.886. The molecule has 4 N–H and O–H groups in total. The summed E-state index contributed by atoms with van der Waals surface area (Å²) in [6.45, 7) is 0. The molecule has 2 aromatic carbocycles. The molecule has 0 aliphatic carbocycles. The molecule has 1 aliphatic heterocycles. The minimum Gasteiger partial charge on any atom is -0.373 e. The van der Waals surface area contributed by atoms with Crippen LogP contribution in [-0.2, 0) is 9.53 Å². The van der Waals surface area contributed by atoms with E-state index in [4.69, 9.17) is 16.3 Å². The summed E-state index contributed by atoms with van der Waals surface area (Å²) in [5.41, 5.74) is 3.43. The zero-order valence-electron chi connectivity index (χ0n) is 24.0. The molecular formula is C30H30ClF3N8O3. The van der Waals surface area contributed by atoms with Crippen LogP contribution in [0.3, 0.4) is 0 Å². The van der Waals surface area contributed by atoms with Gasteiger partial charge in [-0.1, -0.05) is 30.5 Å². The second-order valence-corrected chi connectivity index (χ2v) is 10.8. The first-order valence-corrected chi connectivity index (χ1v) is 14.4. The molecule has 15 heteroatoms. The molecule has 11 nitrogen and oxygen atoms in total. The van der Waals surface area contributed by atoms with E-state index >= 15 is 0 Å². The smallest absolute Gasteiger partial charge is 0.373 e. The molecule has 0 radical (unpaired) electrons. The van der Waals surface area contributed by atoms with Crippen LogP contribution in [0.1, 0.15) is 43.0 Å². The van der Waals surface area contributed by atoms with E-state index in [2.05, 4.69) is 36.5 Å². The lowest BCUT2D eigenvalue weighted by Gasteiger charge is -2.26. The van der Waals surface area contributed by atoms with Gasteiger partial charge in [0.15, 0.2) is 0 Å². The SMILES string of the molecule is COC(O)Nc1ccc2c(c1)NC(C(F)(F)F)CCCC[C@H](NC(=O)/C=C/c1cc(Cl)ccc1-n1cnnn1)c1cc-2ccn1. The van der Waals surface area contributed by atoms with Crippen molar-refractivity contribution in [2.75, 3.05) is 17.7 Å². The van der Waals surface area contributed by atoms with Gasteiger partial charge in [-0.05, 0) is 77.4 Å². The van der Waals surface area contributed by atoms with Gasteiger partial charge in [0.1, 0.15) is 12.4 Å². The van der Waals surface area contributed by atoms with Crippen LogP contribution in [0.4, 0.5) is 24.5 Å². The Labute approximate surface area is 261 Å². The van der Waals surface area contributed by atoms with Crippen LogP contribution < -0.4 is 16.0 Å². The van der Waals surface area contributed by atoms with E-state index in [1.807, 2.05) is 0 Å². The van der Waals surface area contributed by atoms with Crippen LogP contribution in [0.15, 0.2) is 67.1 Å². The largest absolute Gasteiger partial charge is 0.408 e. The fourth-order valence-corrected chi connectivity index (χ4v) is 5.21. The number of tetrazole rings is 1. The van der Waals surface area contributed by atoms with Gasteiger partial charge in [0.25, 0.3) is 0 Å². The number of amides is 1. The van der Waals surface area contributed by atoms with Gasteiger partial charge in [0, 0.05) is 46.9 Å². The number of halogens is 4. The maximum Gasteiger partial charge on any atom is 0.408 e. The van der Waals surface area contributed by atoms with Gasteiger partial charge in [-0.15, -0.1) is 5.10 Å². The predicted octanol–water partition coefficient (Wildman–Crippen LogP) is 5.50. The maximum atomic E-state index is 14.1. The Balaban J connectivity index is 1.45. The zero-order chi connectivity index (χ0) is 32.0. The van der Waals surface area contributed by atoms with Gasteiger partial charge in [-0.25, -0.2) is 0 Å². The van der Waals surface area contributed by atoms with E-state index in [0.717, 1.165) is 0 Å². The molecule has 2 aromatic heterocycles. The van der Waals surface area contributed by atoms with Crippen molar-refractivity contribution < 1.29 is 27.8 Å². The molecule has 3 atom stereocenters. The average molecular weight is 643 g/mol. The monoisotopic (exact) mass is 642 g/mol. The van der Waals surface area contributed by atoms with E-state index in [0.29, 0.717) is 51.6 Å². The maximum absolute atomic E-state index is 14.1. The lowest BCUT2D eigenvalue weighted by atomic mass is 9.96. The molecule has 45 heavy (non-hydrogen) atoms. The number of carbonyl (C=O) groups is 1. The summed E-state index contributed by atoms with van der Waals surface area (Å²) in [4.78, 5) is 17.7. The standard InChI is InChI=1S/C30H30ClF3N8O3/c1-45-29(44)37-21-8-9-22-18-12-13-35-25(15-18)23(4-2-3-5-27(30(32,33)34)38-24(22)16-21)39-28(43)11-6-19-14-20(31)7-10-26(19)42-17-36-40-41-42/h6-17,23,27,29,37-38,44H,2-5H2,1H3,(H,39,43)/b11-6+/t23-,27?,29?/m0/s1. The number of benzene rings is 2. The van der Waals surface area contributed by atoms with E-state index in [9.17, 15) is 23.1 Å². The molecule has 2 bridgehead atoms. The fraction of sp³-hybridized carbons (Fsp3) is 0.300. The van der Waals surface area contributed by atoms with Crippen molar-refractivity contribution in [3.05, 3.63) is 83.4 Å². The number of carbonyl (C=O) groups excluding carboxylic acids is 1. The van der Waals surface area contributed by atoms with Crippen molar-refractivity contribution in [2.45, 2.75) is 50.4 Å². The van der Waals surface area contributed by atoms with E-state index in [1.54, 1.807) is 54.7 Å². The topological polar surface area (TPSA) is 139 Å². The summed E-state index contributed by atoms with van der Waals surface area (Å²) in [6, 6.07) is 10.9. The molecule has 2 unspecified atom stereocenters. The summed E-state index contributed by atoms with van der Waals surface area (Å²) >= 11 is 6.19. The van der Waals surface area contributed by atoms with Gasteiger partial charge < -0.3 is 25.8 Å². The van der Waals surface area contributed by atoms with Crippen molar-refractivity contribution in [3.63, 3.8) is 0 Å². The molecular weight excluding hydrogens is 613 g/mol. The summed E-state index contributed by atoms with van der Waals surface area (Å²) in [5.74, 6) is -0.426. The number of alkyl halides is 3. The predicted molar refractivity (Wildman–Crippen MR) is 162 cm³/mol. The number of aromatic nitrogens is 5. The van der Waals surface area contributed by atoms with Gasteiger partial charge in [0.2, 0.25) is 12.3 Å². The molecule has 236 valence electrons. The Hall–Kier alpha value is -4.53. The number of hydrogen-bond donors (Lipinski definition) is 4. The molecule has 1 aliphatic rings. The van der Waals surface area contributed by atoms with Crippen LogP contribution in [0, 0.1) is 0 Å². The highest BCUT2D eigenvalue weighted by atomic mass is 35.5. The lowest BCUT2D eigenvalue weighted by molar-refractivity contribution is -0.144. The number of methoxy groups -OCH3 is 1. The van der Waals surface area contributed by atoms with Crippen LogP contribution in [0.2, 0.25) is 5.02 Å². The molecule has 3 heterocycles. The third-order valence-electron chi connectivity index (χ3n) is 7.26. The van der Waals surface area contributed by atoms with Crippen LogP contribution >= 0.6 is 11.6 Å². The molecule has 0 saturated carbocycles. The van der Waals surface area contributed by atoms with Crippen molar-refractivity contribution in [1.29, 1.82) is 0 Å². The normalized spacial score (nSPS) is 17.8. The van der Waals surface area contributed by atoms with Crippen LogP contribution in [0.25, 0.3) is 22.9 Å². The Bertz CT molecular complexity index is 1650. The number of fused-ring (bicyclic) bond motifs is 4.